The zero-order chi connectivity index (χ0) is 14.7. The Hall–Kier alpha value is -2.69. The highest BCUT2D eigenvalue weighted by Gasteiger charge is 2.04. The summed E-state index contributed by atoms with van der Waals surface area (Å²) in [7, 11) is 0. The molecule has 0 spiro atoms. The van der Waals surface area contributed by atoms with Crippen LogP contribution in [0, 0.1) is 0 Å². The van der Waals surface area contributed by atoms with Gasteiger partial charge in [0, 0.05) is 12.7 Å². The Kier molecular flexibility index (Phi) is 3.64. The predicted molar refractivity (Wildman–Crippen MR) is 83.5 cm³/mol. The lowest BCUT2D eigenvalue weighted by atomic mass is 10.2. The van der Waals surface area contributed by atoms with Crippen LogP contribution in [0.25, 0.3) is 10.9 Å². The molecule has 1 N–H and O–H groups in total. The van der Waals surface area contributed by atoms with Crippen LogP contribution in [0.5, 0.6) is 0 Å². The molecule has 0 amide bonds. The maximum atomic E-state index is 12.4. The molecule has 0 bridgehead atoms. The number of aromatic nitrogens is 3. The van der Waals surface area contributed by atoms with Crippen LogP contribution < -0.4 is 10.9 Å². The number of para-hydroxylation sites is 1. The number of hydrogen-bond donors (Lipinski definition) is 1. The topological polar surface area (TPSA) is 59.8 Å². The fourth-order valence-corrected chi connectivity index (χ4v) is 2.22. The maximum Gasteiger partial charge on any atom is 0.261 e. The van der Waals surface area contributed by atoms with E-state index in [1.54, 1.807) is 23.2 Å². The molecule has 106 valence electrons. The van der Waals surface area contributed by atoms with Crippen molar-refractivity contribution >= 4 is 16.7 Å². The summed E-state index contributed by atoms with van der Waals surface area (Å²) in [5, 5.41) is 3.78. The van der Waals surface area contributed by atoms with Crippen molar-refractivity contribution in [1.82, 2.24) is 14.5 Å². The van der Waals surface area contributed by atoms with Gasteiger partial charge < -0.3 is 5.32 Å². The van der Waals surface area contributed by atoms with Gasteiger partial charge in [0.05, 0.1) is 23.8 Å². The lowest BCUT2D eigenvalue weighted by Crippen LogP contribution is -2.21. The molecule has 3 aromatic rings. The molecule has 0 radical (unpaired) electrons. The largest absolute Gasteiger partial charge is 0.370 e. The second kappa shape index (κ2) is 5.75. The minimum absolute atomic E-state index is 0.0311. The molecule has 0 atom stereocenters. The Morgan fingerprint density at radius 2 is 2.00 bits per heavy atom. The van der Waals surface area contributed by atoms with Gasteiger partial charge in [-0.05, 0) is 30.7 Å². The van der Waals surface area contributed by atoms with Crippen molar-refractivity contribution in [3.8, 4) is 0 Å². The molecule has 0 saturated heterocycles. The van der Waals surface area contributed by atoms with Gasteiger partial charge in [-0.1, -0.05) is 18.2 Å². The van der Waals surface area contributed by atoms with Crippen LogP contribution in [-0.4, -0.2) is 21.1 Å². The van der Waals surface area contributed by atoms with Gasteiger partial charge in [-0.2, -0.15) is 0 Å². The normalized spacial score (nSPS) is 10.7. The molecule has 0 saturated carbocycles. The zero-order valence-corrected chi connectivity index (χ0v) is 11.8. The molecule has 5 nitrogen and oxygen atoms in total. The number of hydrogen-bond acceptors (Lipinski definition) is 4. The van der Waals surface area contributed by atoms with Crippen molar-refractivity contribution in [2.24, 2.45) is 0 Å². The first-order valence-corrected chi connectivity index (χ1v) is 6.91. The number of anilines is 1. The molecule has 1 aromatic carbocycles. The fraction of sp³-hybridized carbons (Fsp3) is 0.188. The number of rotatable bonds is 4. The van der Waals surface area contributed by atoms with Crippen molar-refractivity contribution < 1.29 is 0 Å². The van der Waals surface area contributed by atoms with E-state index < -0.39 is 0 Å². The van der Waals surface area contributed by atoms with Gasteiger partial charge in [-0.15, -0.1) is 0 Å². The Bertz CT molecular complexity index is 808. The first-order chi connectivity index (χ1) is 10.3. The van der Waals surface area contributed by atoms with Crippen LogP contribution >= 0.6 is 0 Å². The fourth-order valence-electron chi connectivity index (χ4n) is 2.22. The molecule has 0 unspecified atom stereocenters. The van der Waals surface area contributed by atoms with Gasteiger partial charge in [-0.25, -0.2) is 9.97 Å². The second-order valence-electron chi connectivity index (χ2n) is 4.78. The summed E-state index contributed by atoms with van der Waals surface area (Å²) in [6.45, 7) is 3.33. The van der Waals surface area contributed by atoms with E-state index in [1.807, 2.05) is 37.3 Å². The molecule has 5 heteroatoms. The molecule has 0 aliphatic heterocycles. The Morgan fingerprint density at radius 3 is 2.76 bits per heavy atom. The zero-order valence-electron chi connectivity index (χ0n) is 11.8. The van der Waals surface area contributed by atoms with Gasteiger partial charge in [0.25, 0.3) is 5.56 Å². The van der Waals surface area contributed by atoms with Gasteiger partial charge in [0.2, 0.25) is 0 Å². The van der Waals surface area contributed by atoms with Crippen LogP contribution in [-0.2, 0) is 6.54 Å². The van der Waals surface area contributed by atoms with Gasteiger partial charge in [0.1, 0.15) is 5.82 Å². The lowest BCUT2D eigenvalue weighted by molar-refractivity contribution is 0.745. The average Bonchev–Trinajstić information content (AvgIpc) is 2.52. The average molecular weight is 280 g/mol. The van der Waals surface area contributed by atoms with Crippen molar-refractivity contribution in [2.45, 2.75) is 13.5 Å². The predicted octanol–water partition coefficient (Wildman–Crippen LogP) is 2.27. The van der Waals surface area contributed by atoms with Crippen LogP contribution in [0.4, 0.5) is 5.82 Å². The van der Waals surface area contributed by atoms with E-state index in [4.69, 9.17) is 0 Å². The Morgan fingerprint density at radius 1 is 1.14 bits per heavy atom. The number of nitrogens with zero attached hydrogens (tertiary/aromatic N) is 3. The molecular formula is C16H16N4O. The van der Waals surface area contributed by atoms with E-state index in [0.29, 0.717) is 11.9 Å². The van der Waals surface area contributed by atoms with Crippen LogP contribution in [0.2, 0.25) is 0 Å². The van der Waals surface area contributed by atoms with Crippen LogP contribution in [0.1, 0.15) is 12.5 Å². The van der Waals surface area contributed by atoms with Crippen molar-refractivity contribution in [2.75, 3.05) is 11.9 Å². The molecule has 0 fully saturated rings. The van der Waals surface area contributed by atoms with E-state index in [9.17, 15) is 4.79 Å². The Labute approximate surface area is 122 Å². The quantitative estimate of drug-likeness (QED) is 0.796. The van der Waals surface area contributed by atoms with Crippen LogP contribution in [0.3, 0.4) is 0 Å². The third kappa shape index (κ3) is 2.76. The third-order valence-corrected chi connectivity index (χ3v) is 3.27. The highest BCUT2D eigenvalue weighted by molar-refractivity contribution is 5.76. The molecule has 3 rings (SSSR count). The van der Waals surface area contributed by atoms with Crippen molar-refractivity contribution in [1.29, 1.82) is 0 Å². The molecule has 2 aromatic heterocycles. The number of pyridine rings is 1. The van der Waals surface area contributed by atoms with E-state index in [0.717, 1.165) is 23.4 Å². The van der Waals surface area contributed by atoms with E-state index in [1.165, 1.54) is 0 Å². The molecule has 21 heavy (non-hydrogen) atoms. The molecule has 2 heterocycles. The summed E-state index contributed by atoms with van der Waals surface area (Å²) in [6.07, 6.45) is 3.36. The van der Waals surface area contributed by atoms with Crippen molar-refractivity contribution in [3.63, 3.8) is 0 Å². The van der Waals surface area contributed by atoms with Gasteiger partial charge in [0.15, 0.2) is 0 Å². The van der Waals surface area contributed by atoms with E-state index in [-0.39, 0.29) is 5.56 Å². The first-order valence-electron chi connectivity index (χ1n) is 6.91. The second-order valence-corrected chi connectivity index (χ2v) is 4.78. The van der Waals surface area contributed by atoms with E-state index in [2.05, 4.69) is 15.3 Å². The summed E-state index contributed by atoms with van der Waals surface area (Å²) >= 11 is 0. The highest BCUT2D eigenvalue weighted by atomic mass is 16.1. The molecule has 0 aliphatic carbocycles. The molecular weight excluding hydrogens is 264 g/mol. The maximum absolute atomic E-state index is 12.4. The monoisotopic (exact) mass is 280 g/mol. The SMILES string of the molecule is CCNc1ccc(Cn2cnc3ccccc3c2=O)cn1. The number of benzene rings is 1. The van der Waals surface area contributed by atoms with Crippen LogP contribution in [0.15, 0.2) is 53.7 Å². The molecule has 0 aliphatic rings. The minimum atomic E-state index is -0.0311. The summed E-state index contributed by atoms with van der Waals surface area (Å²) in [6, 6.07) is 11.2. The lowest BCUT2D eigenvalue weighted by Gasteiger charge is -2.07. The standard InChI is InChI=1S/C16H16N4O/c1-2-17-15-8-7-12(9-18-15)10-20-11-19-14-6-4-3-5-13(14)16(20)21/h3-9,11H,2,10H2,1H3,(H,17,18). The minimum Gasteiger partial charge on any atom is -0.370 e. The van der Waals surface area contributed by atoms with E-state index >= 15 is 0 Å². The summed E-state index contributed by atoms with van der Waals surface area (Å²) < 4.78 is 1.60. The summed E-state index contributed by atoms with van der Waals surface area (Å²) in [5.41, 5.74) is 1.66. The third-order valence-electron chi connectivity index (χ3n) is 3.27. The summed E-state index contributed by atoms with van der Waals surface area (Å²) in [4.78, 5) is 21.0. The first kappa shape index (κ1) is 13.3. The number of nitrogens with one attached hydrogen (secondary N) is 1. The smallest absolute Gasteiger partial charge is 0.261 e. The van der Waals surface area contributed by atoms with Gasteiger partial charge >= 0.3 is 0 Å². The Balaban J connectivity index is 1.91. The van der Waals surface area contributed by atoms with Gasteiger partial charge in [-0.3, -0.25) is 9.36 Å². The van der Waals surface area contributed by atoms with Crippen molar-refractivity contribution in [3.05, 3.63) is 64.8 Å². The number of fused-ring (bicyclic) bond motifs is 1. The highest BCUT2D eigenvalue weighted by Crippen LogP contribution is 2.08. The summed E-state index contributed by atoms with van der Waals surface area (Å²) in [5.74, 6) is 0.838.